The second kappa shape index (κ2) is 5.39. The molecule has 0 spiro atoms. The first-order valence-electron chi connectivity index (χ1n) is 5.22. The summed E-state index contributed by atoms with van der Waals surface area (Å²) < 4.78 is 4.69. The number of hydroxylamine groups is 1. The van der Waals surface area contributed by atoms with Crippen LogP contribution >= 0.6 is 0 Å². The number of nitrogens with one attached hydrogen (secondary N) is 1. The summed E-state index contributed by atoms with van der Waals surface area (Å²) in [6.07, 6.45) is -0.582. The molecule has 0 heterocycles. The fourth-order valence-corrected chi connectivity index (χ4v) is 1.58. The number of benzene rings is 1. The standard InChI is InChI=1S/C12H17NO3/c1-5-15-12(14)13-16-11-9(3)6-8(2)7-10(11)4/h6-7H,5H2,1-4H3,(H,13,14). The van der Waals surface area contributed by atoms with Crippen LogP contribution in [0.3, 0.4) is 0 Å². The maximum Gasteiger partial charge on any atom is 0.440 e. The Labute approximate surface area is 95.5 Å². The van der Waals surface area contributed by atoms with Gasteiger partial charge in [-0.1, -0.05) is 17.7 Å². The number of carbonyl (C=O) groups is 1. The van der Waals surface area contributed by atoms with Gasteiger partial charge >= 0.3 is 6.09 Å². The number of hydrogen-bond donors (Lipinski definition) is 1. The molecule has 0 atom stereocenters. The SMILES string of the molecule is CCOC(=O)NOc1c(C)cc(C)cc1C. The molecule has 0 unspecified atom stereocenters. The molecule has 0 radical (unpaired) electrons. The van der Waals surface area contributed by atoms with Gasteiger partial charge in [0.2, 0.25) is 0 Å². The van der Waals surface area contributed by atoms with E-state index in [9.17, 15) is 4.79 Å². The lowest BCUT2D eigenvalue weighted by molar-refractivity contribution is 0.104. The van der Waals surface area contributed by atoms with E-state index in [0.29, 0.717) is 12.4 Å². The number of hydrogen-bond acceptors (Lipinski definition) is 3. The van der Waals surface area contributed by atoms with Gasteiger partial charge in [-0.3, -0.25) is 0 Å². The minimum absolute atomic E-state index is 0.320. The van der Waals surface area contributed by atoms with Gasteiger partial charge in [-0.05, 0) is 38.8 Å². The van der Waals surface area contributed by atoms with Crippen LogP contribution in [0, 0.1) is 20.8 Å². The van der Waals surface area contributed by atoms with E-state index in [-0.39, 0.29) is 0 Å². The van der Waals surface area contributed by atoms with Crippen molar-refractivity contribution in [1.29, 1.82) is 0 Å². The molecular weight excluding hydrogens is 206 g/mol. The number of ether oxygens (including phenoxy) is 1. The number of carbonyl (C=O) groups excluding carboxylic acids is 1. The summed E-state index contributed by atoms with van der Waals surface area (Å²) in [6.45, 7) is 7.94. The molecule has 4 heteroatoms. The fourth-order valence-electron chi connectivity index (χ4n) is 1.58. The van der Waals surface area contributed by atoms with Gasteiger partial charge in [0.15, 0.2) is 5.75 Å². The number of aryl methyl sites for hydroxylation is 3. The molecule has 88 valence electrons. The van der Waals surface area contributed by atoms with Gasteiger partial charge < -0.3 is 9.57 Å². The molecule has 16 heavy (non-hydrogen) atoms. The molecule has 0 aliphatic rings. The topological polar surface area (TPSA) is 47.6 Å². The molecule has 1 rings (SSSR count). The summed E-state index contributed by atoms with van der Waals surface area (Å²) in [5, 5.41) is 0. The lowest BCUT2D eigenvalue weighted by Crippen LogP contribution is -2.28. The minimum Gasteiger partial charge on any atom is -0.448 e. The van der Waals surface area contributed by atoms with Crippen LogP contribution in [-0.2, 0) is 4.74 Å². The Morgan fingerprint density at radius 3 is 2.31 bits per heavy atom. The first-order chi connectivity index (χ1) is 7.54. The molecule has 0 bridgehead atoms. The molecule has 0 aliphatic heterocycles. The summed E-state index contributed by atoms with van der Waals surface area (Å²) in [4.78, 5) is 16.3. The summed E-state index contributed by atoms with van der Waals surface area (Å²) in [6, 6.07) is 3.99. The zero-order valence-corrected chi connectivity index (χ0v) is 10.1. The lowest BCUT2D eigenvalue weighted by Gasteiger charge is -2.12. The molecule has 1 aromatic rings. The summed E-state index contributed by atoms with van der Waals surface area (Å²) in [5.41, 5.74) is 5.37. The van der Waals surface area contributed by atoms with Crippen LogP contribution in [0.15, 0.2) is 12.1 Å². The molecule has 0 saturated heterocycles. The van der Waals surface area contributed by atoms with E-state index in [1.807, 2.05) is 32.9 Å². The Hall–Kier alpha value is -1.71. The van der Waals surface area contributed by atoms with Crippen LogP contribution in [-0.4, -0.2) is 12.7 Å². The Balaban J connectivity index is 2.70. The highest BCUT2D eigenvalue weighted by Crippen LogP contribution is 2.23. The van der Waals surface area contributed by atoms with Crippen LogP contribution < -0.4 is 10.3 Å². The van der Waals surface area contributed by atoms with Gasteiger partial charge in [0.05, 0.1) is 6.61 Å². The minimum atomic E-state index is -0.582. The quantitative estimate of drug-likeness (QED) is 0.801. The largest absolute Gasteiger partial charge is 0.448 e. The smallest absolute Gasteiger partial charge is 0.440 e. The van der Waals surface area contributed by atoms with Crippen LogP contribution in [0.2, 0.25) is 0 Å². The van der Waals surface area contributed by atoms with E-state index >= 15 is 0 Å². The van der Waals surface area contributed by atoms with Gasteiger partial charge in [-0.15, -0.1) is 0 Å². The van der Waals surface area contributed by atoms with Crippen LogP contribution in [0.5, 0.6) is 5.75 Å². The first kappa shape index (κ1) is 12.4. The molecule has 1 aromatic carbocycles. The fraction of sp³-hybridized carbons (Fsp3) is 0.417. The molecule has 4 nitrogen and oxygen atoms in total. The number of amides is 1. The van der Waals surface area contributed by atoms with E-state index in [4.69, 9.17) is 9.57 Å². The van der Waals surface area contributed by atoms with Crippen molar-refractivity contribution in [2.24, 2.45) is 0 Å². The summed E-state index contributed by atoms with van der Waals surface area (Å²) >= 11 is 0. The van der Waals surface area contributed by atoms with Crippen molar-refractivity contribution in [3.63, 3.8) is 0 Å². The monoisotopic (exact) mass is 223 g/mol. The van der Waals surface area contributed by atoms with Crippen molar-refractivity contribution in [3.05, 3.63) is 28.8 Å². The maximum atomic E-state index is 11.0. The third kappa shape index (κ3) is 3.15. The highest BCUT2D eigenvalue weighted by molar-refractivity contribution is 5.66. The van der Waals surface area contributed by atoms with Crippen molar-refractivity contribution >= 4 is 6.09 Å². The predicted molar refractivity (Wildman–Crippen MR) is 61.4 cm³/mol. The Morgan fingerprint density at radius 1 is 1.25 bits per heavy atom. The van der Waals surface area contributed by atoms with Crippen molar-refractivity contribution < 1.29 is 14.4 Å². The van der Waals surface area contributed by atoms with Gasteiger partial charge in [0, 0.05) is 0 Å². The average molecular weight is 223 g/mol. The molecule has 0 aliphatic carbocycles. The van der Waals surface area contributed by atoms with Crippen molar-refractivity contribution in [2.75, 3.05) is 6.61 Å². The Bertz CT molecular complexity index is 365. The Kier molecular flexibility index (Phi) is 4.17. The molecule has 0 fully saturated rings. The normalized spacial score (nSPS) is 9.75. The molecule has 1 amide bonds. The third-order valence-corrected chi connectivity index (χ3v) is 2.12. The van der Waals surface area contributed by atoms with Gasteiger partial charge in [-0.25, -0.2) is 4.79 Å². The lowest BCUT2D eigenvalue weighted by atomic mass is 10.1. The van der Waals surface area contributed by atoms with E-state index < -0.39 is 6.09 Å². The molecule has 0 saturated carbocycles. The van der Waals surface area contributed by atoms with Crippen molar-refractivity contribution in [1.82, 2.24) is 5.48 Å². The summed E-state index contributed by atoms with van der Waals surface area (Å²) in [5.74, 6) is 0.665. The number of rotatable bonds is 3. The highest BCUT2D eigenvalue weighted by Gasteiger charge is 2.07. The van der Waals surface area contributed by atoms with E-state index in [1.165, 1.54) is 5.56 Å². The first-order valence-corrected chi connectivity index (χ1v) is 5.22. The van der Waals surface area contributed by atoms with Gasteiger partial charge in [-0.2, -0.15) is 5.48 Å². The van der Waals surface area contributed by atoms with E-state index in [0.717, 1.165) is 11.1 Å². The van der Waals surface area contributed by atoms with E-state index in [2.05, 4.69) is 5.48 Å². The second-order valence-electron chi connectivity index (χ2n) is 3.65. The predicted octanol–water partition coefficient (Wildman–Crippen LogP) is 2.65. The molecular formula is C12H17NO3. The second-order valence-corrected chi connectivity index (χ2v) is 3.65. The average Bonchev–Trinajstić information content (AvgIpc) is 2.16. The van der Waals surface area contributed by atoms with E-state index in [1.54, 1.807) is 6.92 Å². The zero-order valence-electron chi connectivity index (χ0n) is 10.1. The Morgan fingerprint density at radius 2 is 1.81 bits per heavy atom. The van der Waals surface area contributed by atoms with Crippen LogP contribution in [0.25, 0.3) is 0 Å². The van der Waals surface area contributed by atoms with Gasteiger partial charge in [0.1, 0.15) is 0 Å². The molecule has 1 N–H and O–H groups in total. The van der Waals surface area contributed by atoms with Crippen LogP contribution in [0.4, 0.5) is 4.79 Å². The van der Waals surface area contributed by atoms with Crippen molar-refractivity contribution in [2.45, 2.75) is 27.7 Å². The zero-order chi connectivity index (χ0) is 12.1. The summed E-state index contributed by atoms with van der Waals surface area (Å²) in [7, 11) is 0. The van der Waals surface area contributed by atoms with Gasteiger partial charge in [0.25, 0.3) is 0 Å². The third-order valence-electron chi connectivity index (χ3n) is 2.12. The molecule has 0 aromatic heterocycles. The van der Waals surface area contributed by atoms with Crippen LogP contribution in [0.1, 0.15) is 23.6 Å². The highest BCUT2D eigenvalue weighted by atomic mass is 16.7. The van der Waals surface area contributed by atoms with Crippen molar-refractivity contribution in [3.8, 4) is 5.75 Å². The maximum absolute atomic E-state index is 11.0.